The highest BCUT2D eigenvalue weighted by molar-refractivity contribution is 5.73. The number of nitrogens with zero attached hydrogens (tertiary/aromatic N) is 2. The van der Waals surface area contributed by atoms with Crippen molar-refractivity contribution in [2.24, 2.45) is 7.05 Å². The van der Waals surface area contributed by atoms with Gasteiger partial charge in [0.25, 0.3) is 0 Å². The Kier molecular flexibility index (Phi) is 4.92. The molecular weight excluding hydrogens is 271 g/mol. The van der Waals surface area contributed by atoms with Crippen LogP contribution in [-0.4, -0.2) is 22.4 Å². The lowest BCUT2D eigenvalue weighted by Gasteiger charge is -2.07. The minimum atomic E-state index is -0.283. The smallest absolute Gasteiger partial charge is 0.315 e. The molecule has 1 heterocycles. The van der Waals surface area contributed by atoms with Gasteiger partial charge in [-0.2, -0.15) is 5.10 Å². The van der Waals surface area contributed by atoms with E-state index in [2.05, 4.69) is 15.7 Å². The summed E-state index contributed by atoms with van der Waals surface area (Å²) in [5.41, 5.74) is 2.89. The summed E-state index contributed by atoms with van der Waals surface area (Å²) in [6.07, 6.45) is 0.686. The molecule has 0 saturated heterocycles. The molecule has 0 saturated carbocycles. The second-order valence-corrected chi connectivity index (χ2v) is 4.89. The van der Waals surface area contributed by atoms with Crippen LogP contribution < -0.4 is 10.6 Å². The molecular formula is C15H19FN4O. The molecule has 5 nitrogen and oxygen atoms in total. The molecule has 0 aliphatic carbocycles. The first kappa shape index (κ1) is 15.0. The average Bonchev–Trinajstić information content (AvgIpc) is 2.77. The van der Waals surface area contributed by atoms with Crippen molar-refractivity contribution in [1.82, 2.24) is 20.4 Å². The summed E-state index contributed by atoms with van der Waals surface area (Å²) in [5, 5.41) is 9.81. The summed E-state index contributed by atoms with van der Waals surface area (Å²) < 4.78 is 14.5. The van der Waals surface area contributed by atoms with E-state index in [1.807, 2.05) is 24.7 Å². The van der Waals surface area contributed by atoms with Gasteiger partial charge >= 0.3 is 6.03 Å². The summed E-state index contributed by atoms with van der Waals surface area (Å²) in [4.78, 5) is 11.6. The van der Waals surface area contributed by atoms with Crippen molar-refractivity contribution in [3.05, 3.63) is 53.1 Å². The number of halogens is 1. The number of carbonyl (C=O) groups is 1. The number of benzene rings is 1. The zero-order chi connectivity index (χ0) is 15.2. The van der Waals surface area contributed by atoms with Crippen LogP contribution in [0.2, 0.25) is 0 Å². The van der Waals surface area contributed by atoms with Crippen molar-refractivity contribution >= 4 is 6.03 Å². The molecule has 1 aromatic carbocycles. The van der Waals surface area contributed by atoms with Crippen LogP contribution >= 0.6 is 0 Å². The normalized spacial score (nSPS) is 10.4. The average molecular weight is 290 g/mol. The molecule has 0 unspecified atom stereocenters. The quantitative estimate of drug-likeness (QED) is 0.883. The van der Waals surface area contributed by atoms with Gasteiger partial charge in [0, 0.05) is 32.3 Å². The number of nitrogens with one attached hydrogen (secondary N) is 2. The Labute approximate surface area is 123 Å². The molecule has 21 heavy (non-hydrogen) atoms. The molecule has 0 atom stereocenters. The number of urea groups is 1. The van der Waals surface area contributed by atoms with E-state index in [1.54, 1.807) is 12.1 Å². The highest BCUT2D eigenvalue weighted by Crippen LogP contribution is 2.02. The first-order chi connectivity index (χ1) is 10.0. The number of aromatic nitrogens is 2. The molecule has 0 spiro atoms. The third-order valence-electron chi connectivity index (χ3n) is 3.20. The van der Waals surface area contributed by atoms with Crippen LogP contribution in [0.5, 0.6) is 0 Å². The van der Waals surface area contributed by atoms with Crippen LogP contribution in [0.4, 0.5) is 9.18 Å². The van der Waals surface area contributed by atoms with Crippen LogP contribution in [0.1, 0.15) is 17.0 Å². The van der Waals surface area contributed by atoms with E-state index in [9.17, 15) is 9.18 Å². The Morgan fingerprint density at radius 2 is 2.00 bits per heavy atom. The first-order valence-corrected chi connectivity index (χ1v) is 6.80. The number of aryl methyl sites for hydroxylation is 2. The third kappa shape index (κ3) is 4.59. The lowest BCUT2D eigenvalue weighted by atomic mass is 10.2. The SMILES string of the molecule is Cc1cc(CCNC(=O)NCc2ccc(F)cc2)nn1C. The summed E-state index contributed by atoms with van der Waals surface area (Å²) >= 11 is 0. The predicted molar refractivity (Wildman–Crippen MR) is 78.3 cm³/mol. The lowest BCUT2D eigenvalue weighted by molar-refractivity contribution is 0.240. The molecule has 0 aliphatic rings. The second kappa shape index (κ2) is 6.88. The van der Waals surface area contributed by atoms with Crippen LogP contribution in [0.3, 0.4) is 0 Å². The molecule has 0 aliphatic heterocycles. The maximum absolute atomic E-state index is 12.7. The summed E-state index contributed by atoms with van der Waals surface area (Å²) in [5.74, 6) is -0.283. The van der Waals surface area contributed by atoms with Crippen molar-refractivity contribution in [2.45, 2.75) is 19.9 Å². The predicted octanol–water partition coefficient (Wildman–Crippen LogP) is 1.91. The first-order valence-electron chi connectivity index (χ1n) is 6.80. The molecule has 112 valence electrons. The van der Waals surface area contributed by atoms with Gasteiger partial charge in [-0.1, -0.05) is 12.1 Å². The largest absolute Gasteiger partial charge is 0.338 e. The van der Waals surface area contributed by atoms with E-state index >= 15 is 0 Å². The van der Waals surface area contributed by atoms with Gasteiger partial charge in [-0.15, -0.1) is 0 Å². The van der Waals surface area contributed by atoms with Gasteiger partial charge in [-0.25, -0.2) is 9.18 Å². The van der Waals surface area contributed by atoms with Crippen LogP contribution in [0, 0.1) is 12.7 Å². The van der Waals surface area contributed by atoms with Gasteiger partial charge in [-0.05, 0) is 30.7 Å². The van der Waals surface area contributed by atoms with Gasteiger partial charge in [0.2, 0.25) is 0 Å². The Morgan fingerprint density at radius 3 is 2.62 bits per heavy atom. The Balaban J connectivity index is 1.69. The molecule has 0 bridgehead atoms. The fourth-order valence-electron chi connectivity index (χ4n) is 1.91. The van der Waals surface area contributed by atoms with E-state index in [0.717, 1.165) is 17.0 Å². The van der Waals surface area contributed by atoms with Crippen LogP contribution in [-0.2, 0) is 20.0 Å². The van der Waals surface area contributed by atoms with E-state index in [1.165, 1.54) is 12.1 Å². The summed E-state index contributed by atoms with van der Waals surface area (Å²) in [6.45, 7) is 2.87. The topological polar surface area (TPSA) is 59.0 Å². The molecule has 0 fully saturated rings. The monoisotopic (exact) mass is 290 g/mol. The Hall–Kier alpha value is -2.37. The molecule has 2 amide bonds. The van der Waals surface area contributed by atoms with Crippen molar-refractivity contribution in [3.63, 3.8) is 0 Å². The van der Waals surface area contributed by atoms with Gasteiger partial charge in [-0.3, -0.25) is 4.68 Å². The highest BCUT2D eigenvalue weighted by atomic mass is 19.1. The molecule has 0 radical (unpaired) electrons. The fourth-order valence-corrected chi connectivity index (χ4v) is 1.91. The molecule has 6 heteroatoms. The van der Waals surface area contributed by atoms with E-state index < -0.39 is 0 Å². The second-order valence-electron chi connectivity index (χ2n) is 4.89. The third-order valence-corrected chi connectivity index (χ3v) is 3.20. The van der Waals surface area contributed by atoms with Crippen molar-refractivity contribution in [1.29, 1.82) is 0 Å². The standard InChI is InChI=1S/C15H19FN4O/c1-11-9-14(19-20(11)2)7-8-17-15(21)18-10-12-3-5-13(16)6-4-12/h3-6,9H,7-8,10H2,1-2H3,(H2,17,18,21). The highest BCUT2D eigenvalue weighted by Gasteiger charge is 2.03. The molecule has 2 rings (SSSR count). The van der Waals surface area contributed by atoms with Crippen molar-refractivity contribution in [2.75, 3.05) is 6.54 Å². The number of amides is 2. The summed E-state index contributed by atoms with van der Waals surface area (Å²) in [7, 11) is 1.89. The van der Waals surface area contributed by atoms with Crippen molar-refractivity contribution < 1.29 is 9.18 Å². The number of carbonyl (C=O) groups excluding carboxylic acids is 1. The zero-order valence-electron chi connectivity index (χ0n) is 12.2. The van der Waals surface area contributed by atoms with Crippen molar-refractivity contribution in [3.8, 4) is 0 Å². The fraction of sp³-hybridized carbons (Fsp3) is 0.333. The summed E-state index contributed by atoms with van der Waals surface area (Å²) in [6, 6.07) is 7.79. The number of hydrogen-bond donors (Lipinski definition) is 2. The maximum atomic E-state index is 12.7. The maximum Gasteiger partial charge on any atom is 0.315 e. The van der Waals surface area contributed by atoms with E-state index in [0.29, 0.717) is 19.5 Å². The molecule has 2 N–H and O–H groups in total. The zero-order valence-corrected chi connectivity index (χ0v) is 12.2. The van der Waals surface area contributed by atoms with Crippen LogP contribution in [0.25, 0.3) is 0 Å². The number of rotatable bonds is 5. The molecule has 2 aromatic rings. The van der Waals surface area contributed by atoms with Gasteiger partial charge in [0.05, 0.1) is 5.69 Å². The Morgan fingerprint density at radius 1 is 1.29 bits per heavy atom. The van der Waals surface area contributed by atoms with Gasteiger partial charge < -0.3 is 10.6 Å². The van der Waals surface area contributed by atoms with E-state index in [4.69, 9.17) is 0 Å². The number of hydrogen-bond acceptors (Lipinski definition) is 2. The van der Waals surface area contributed by atoms with E-state index in [-0.39, 0.29) is 11.8 Å². The lowest BCUT2D eigenvalue weighted by Crippen LogP contribution is -2.36. The minimum Gasteiger partial charge on any atom is -0.338 e. The van der Waals surface area contributed by atoms with Gasteiger partial charge in [0.1, 0.15) is 5.82 Å². The van der Waals surface area contributed by atoms with Crippen LogP contribution in [0.15, 0.2) is 30.3 Å². The minimum absolute atomic E-state index is 0.244. The van der Waals surface area contributed by atoms with Gasteiger partial charge in [0.15, 0.2) is 0 Å². The molecule has 1 aromatic heterocycles. The Bertz CT molecular complexity index is 587.